The van der Waals surface area contributed by atoms with E-state index in [1.807, 2.05) is 0 Å². The maximum absolute atomic E-state index is 8.48. The van der Waals surface area contributed by atoms with Gasteiger partial charge in [-0.3, -0.25) is 0 Å². The molecule has 9 heavy (non-hydrogen) atoms. The highest BCUT2D eigenvalue weighted by atomic mass is 28.2. The van der Waals surface area contributed by atoms with Crippen molar-refractivity contribution in [2.75, 3.05) is 6.61 Å². The summed E-state index contributed by atoms with van der Waals surface area (Å²) < 4.78 is 5.27. The highest BCUT2D eigenvalue weighted by Gasteiger charge is 2.13. The van der Waals surface area contributed by atoms with Crippen molar-refractivity contribution in [1.29, 1.82) is 0 Å². The molecule has 0 aliphatic carbocycles. The van der Waals surface area contributed by atoms with Crippen molar-refractivity contribution in [3.8, 4) is 0 Å². The van der Waals surface area contributed by atoms with Gasteiger partial charge in [0, 0.05) is 12.2 Å². The van der Waals surface area contributed by atoms with Gasteiger partial charge >= 0.3 is 0 Å². The molecule has 0 amide bonds. The van der Waals surface area contributed by atoms with E-state index in [-0.39, 0.29) is 12.2 Å². The molecule has 0 aromatic rings. The highest BCUT2D eigenvalue weighted by Crippen LogP contribution is 2.13. The van der Waals surface area contributed by atoms with Crippen molar-refractivity contribution in [2.24, 2.45) is 0 Å². The zero-order chi connectivity index (χ0) is 7.33. The third-order valence-corrected chi connectivity index (χ3v) is 2.59. The quantitative estimate of drug-likeness (QED) is 0.561. The molecule has 0 rings (SSSR count). The van der Waals surface area contributed by atoms with Gasteiger partial charge in [0.2, 0.25) is 0 Å². The zero-order valence-corrected chi connectivity index (χ0v) is 8.48. The first-order valence-corrected chi connectivity index (χ1v) is 4.10. The maximum Gasteiger partial charge on any atom is 0.146 e. The first-order valence-electron chi connectivity index (χ1n) is 3.28. The van der Waals surface area contributed by atoms with Crippen LogP contribution in [0.5, 0.6) is 0 Å². The van der Waals surface area contributed by atoms with E-state index in [1.54, 1.807) is 0 Å². The van der Waals surface area contributed by atoms with E-state index < -0.39 is 0 Å². The molecular weight excluding hydrogens is 132 g/mol. The lowest BCUT2D eigenvalue weighted by Crippen LogP contribution is -2.23. The maximum atomic E-state index is 8.48. The van der Waals surface area contributed by atoms with Crippen LogP contribution in [0.25, 0.3) is 0 Å². The Balaban J connectivity index is 3.33. The Bertz CT molecular complexity index is 73.5. The standard InChI is InChI=1S/C6H16O2Si/c1-6(2,8-9)4-3-5-7/h7H,3-5H2,1-2,9H3. The predicted molar refractivity (Wildman–Crippen MR) is 41.4 cm³/mol. The zero-order valence-electron chi connectivity index (χ0n) is 6.48. The minimum absolute atomic E-state index is 0.00501. The molecule has 0 radical (unpaired) electrons. The van der Waals surface area contributed by atoms with Crippen molar-refractivity contribution in [3.63, 3.8) is 0 Å². The molecule has 0 aromatic carbocycles. The third-order valence-electron chi connectivity index (χ3n) is 1.49. The lowest BCUT2D eigenvalue weighted by molar-refractivity contribution is 0.101. The van der Waals surface area contributed by atoms with Crippen LogP contribution in [-0.2, 0) is 4.43 Å². The molecule has 0 heterocycles. The Kier molecular flexibility index (Phi) is 4.09. The van der Waals surface area contributed by atoms with Crippen LogP contribution in [0.15, 0.2) is 0 Å². The molecule has 0 saturated heterocycles. The van der Waals surface area contributed by atoms with Crippen LogP contribution >= 0.6 is 0 Å². The highest BCUT2D eigenvalue weighted by molar-refractivity contribution is 5.98. The average Bonchev–Trinajstić information content (AvgIpc) is 1.84. The minimum Gasteiger partial charge on any atom is -0.423 e. The summed E-state index contributed by atoms with van der Waals surface area (Å²) in [6.07, 6.45) is 1.79. The van der Waals surface area contributed by atoms with Crippen molar-refractivity contribution >= 4 is 10.5 Å². The van der Waals surface area contributed by atoms with Crippen LogP contribution in [0.4, 0.5) is 0 Å². The molecule has 1 N–H and O–H groups in total. The first kappa shape index (κ1) is 9.14. The summed E-state index contributed by atoms with van der Waals surface area (Å²) in [4.78, 5) is 0. The molecule has 0 fully saturated rings. The van der Waals surface area contributed by atoms with E-state index in [2.05, 4.69) is 13.8 Å². The number of hydrogen-bond acceptors (Lipinski definition) is 2. The van der Waals surface area contributed by atoms with E-state index in [9.17, 15) is 0 Å². The lowest BCUT2D eigenvalue weighted by atomic mass is 10.0. The molecule has 2 nitrogen and oxygen atoms in total. The Morgan fingerprint density at radius 2 is 2.11 bits per heavy atom. The Labute approximate surface area is 59.8 Å². The molecule has 0 spiro atoms. The van der Waals surface area contributed by atoms with Gasteiger partial charge < -0.3 is 9.53 Å². The molecule has 56 valence electrons. The second kappa shape index (κ2) is 4.03. The second-order valence-corrected chi connectivity index (χ2v) is 3.20. The van der Waals surface area contributed by atoms with E-state index in [0.29, 0.717) is 0 Å². The van der Waals surface area contributed by atoms with Crippen molar-refractivity contribution in [3.05, 3.63) is 0 Å². The summed E-state index contributed by atoms with van der Waals surface area (Å²) >= 11 is 0. The van der Waals surface area contributed by atoms with E-state index in [4.69, 9.17) is 9.53 Å². The van der Waals surface area contributed by atoms with Crippen LogP contribution in [0.1, 0.15) is 26.7 Å². The van der Waals surface area contributed by atoms with Crippen LogP contribution < -0.4 is 0 Å². The van der Waals surface area contributed by atoms with Crippen molar-refractivity contribution in [1.82, 2.24) is 0 Å². The average molecular weight is 148 g/mol. The van der Waals surface area contributed by atoms with Gasteiger partial charge in [-0.15, -0.1) is 0 Å². The number of rotatable bonds is 4. The molecule has 0 atom stereocenters. The van der Waals surface area contributed by atoms with Gasteiger partial charge in [-0.05, 0) is 26.7 Å². The summed E-state index contributed by atoms with van der Waals surface area (Å²) in [5.41, 5.74) is -0.00501. The molecular formula is C6H16O2Si. The van der Waals surface area contributed by atoms with Gasteiger partial charge in [0.25, 0.3) is 0 Å². The monoisotopic (exact) mass is 148 g/mol. The SMILES string of the molecule is CC(C)(CCCO)O[SiH3]. The van der Waals surface area contributed by atoms with Gasteiger partial charge in [-0.2, -0.15) is 0 Å². The van der Waals surface area contributed by atoms with Crippen LogP contribution in [0.3, 0.4) is 0 Å². The largest absolute Gasteiger partial charge is 0.423 e. The Morgan fingerprint density at radius 3 is 2.44 bits per heavy atom. The normalized spacial score (nSPS) is 12.3. The summed E-state index contributed by atoms with van der Waals surface area (Å²) in [5, 5.41) is 8.48. The molecule has 0 aliphatic heterocycles. The fraction of sp³-hybridized carbons (Fsp3) is 1.00. The molecule has 3 heteroatoms. The summed E-state index contributed by atoms with van der Waals surface area (Å²) in [6.45, 7) is 4.37. The van der Waals surface area contributed by atoms with Gasteiger partial charge in [-0.1, -0.05) is 0 Å². The van der Waals surface area contributed by atoms with Crippen molar-refractivity contribution in [2.45, 2.75) is 32.3 Å². The molecule has 0 bridgehead atoms. The second-order valence-electron chi connectivity index (χ2n) is 2.79. The number of aliphatic hydroxyl groups is 1. The topological polar surface area (TPSA) is 29.5 Å². The summed E-state index contributed by atoms with van der Waals surface area (Å²) in [5.74, 6) is 0. The molecule has 0 unspecified atom stereocenters. The Morgan fingerprint density at radius 1 is 1.56 bits per heavy atom. The summed E-state index contributed by atoms with van der Waals surface area (Å²) in [6, 6.07) is 0. The van der Waals surface area contributed by atoms with Crippen LogP contribution in [-0.4, -0.2) is 27.8 Å². The van der Waals surface area contributed by atoms with Gasteiger partial charge in [0.1, 0.15) is 10.5 Å². The Hall–Kier alpha value is 0.137. The number of aliphatic hydroxyl groups excluding tert-OH is 1. The number of hydrogen-bond donors (Lipinski definition) is 1. The van der Waals surface area contributed by atoms with Gasteiger partial charge in [0.05, 0.1) is 0 Å². The lowest BCUT2D eigenvalue weighted by Gasteiger charge is -2.22. The van der Waals surface area contributed by atoms with E-state index >= 15 is 0 Å². The first-order chi connectivity index (χ1) is 4.12. The van der Waals surface area contributed by atoms with E-state index in [1.165, 1.54) is 0 Å². The third kappa shape index (κ3) is 4.63. The fourth-order valence-electron chi connectivity index (χ4n) is 0.607. The van der Waals surface area contributed by atoms with E-state index in [0.717, 1.165) is 23.3 Å². The van der Waals surface area contributed by atoms with Crippen molar-refractivity contribution < 1.29 is 9.53 Å². The molecule has 0 aromatic heterocycles. The predicted octanol–water partition coefficient (Wildman–Crippen LogP) is -0.166. The molecule has 0 aliphatic rings. The van der Waals surface area contributed by atoms with Gasteiger partial charge in [-0.25, -0.2) is 0 Å². The smallest absolute Gasteiger partial charge is 0.146 e. The van der Waals surface area contributed by atoms with Crippen LogP contribution in [0, 0.1) is 0 Å². The molecule has 0 saturated carbocycles. The van der Waals surface area contributed by atoms with Crippen LogP contribution in [0.2, 0.25) is 0 Å². The fourth-order valence-corrected chi connectivity index (χ4v) is 0.811. The van der Waals surface area contributed by atoms with Gasteiger partial charge in [0.15, 0.2) is 0 Å². The minimum atomic E-state index is -0.00501. The summed E-state index contributed by atoms with van der Waals surface area (Å²) in [7, 11) is 0.783.